The highest BCUT2D eigenvalue weighted by molar-refractivity contribution is 6.44. The van der Waals surface area contributed by atoms with Crippen LogP contribution >= 0.6 is 23.2 Å². The Labute approximate surface area is 79.3 Å². The predicted octanol–water partition coefficient (Wildman–Crippen LogP) is 3.17. The molecule has 0 aliphatic heterocycles. The highest BCUT2D eigenvalue weighted by atomic mass is 35.5. The smallest absolute Gasteiger partial charge is 0.134 e. The van der Waals surface area contributed by atoms with E-state index in [-0.39, 0.29) is 0 Å². The van der Waals surface area contributed by atoms with Crippen LogP contribution in [0.2, 0.25) is 0 Å². The quantitative estimate of drug-likeness (QED) is 0.644. The van der Waals surface area contributed by atoms with Gasteiger partial charge in [-0.05, 0) is 18.2 Å². The number of benzene rings is 1. The van der Waals surface area contributed by atoms with Crippen LogP contribution in [-0.4, -0.2) is 0 Å². The van der Waals surface area contributed by atoms with Crippen LogP contribution in [0.5, 0.6) is 0 Å². The normalized spacial score (nSPS) is 9.92. The van der Waals surface area contributed by atoms with Crippen LogP contribution in [0.3, 0.4) is 0 Å². The van der Waals surface area contributed by atoms with Crippen LogP contribution in [0.1, 0.15) is 16.0 Å². The largest absolute Gasteiger partial charge is 0.207 e. The second-order valence-electron chi connectivity index (χ2n) is 2.14. The molecular formula is C8H4Cl2FN. The van der Waals surface area contributed by atoms with E-state index in [1.165, 1.54) is 12.1 Å². The predicted molar refractivity (Wildman–Crippen MR) is 45.6 cm³/mol. The first kappa shape index (κ1) is 9.31. The number of alkyl halides is 2. The Morgan fingerprint density at radius 2 is 2.08 bits per heavy atom. The van der Waals surface area contributed by atoms with Gasteiger partial charge in [0.2, 0.25) is 0 Å². The van der Waals surface area contributed by atoms with E-state index < -0.39 is 10.7 Å². The molecule has 12 heavy (non-hydrogen) atoms. The summed E-state index contributed by atoms with van der Waals surface area (Å²) in [6.07, 6.45) is 0. The van der Waals surface area contributed by atoms with Gasteiger partial charge in [-0.3, -0.25) is 0 Å². The summed E-state index contributed by atoms with van der Waals surface area (Å²) < 4.78 is 12.6. The molecule has 0 aromatic heterocycles. The molecule has 0 amide bonds. The Balaban J connectivity index is 3.24. The Hall–Kier alpha value is -0.780. The van der Waals surface area contributed by atoms with Gasteiger partial charge in [0.1, 0.15) is 10.7 Å². The molecule has 0 aliphatic carbocycles. The van der Waals surface area contributed by atoms with E-state index in [4.69, 9.17) is 28.5 Å². The number of nitrogens with zero attached hydrogens (tertiary/aromatic N) is 1. The van der Waals surface area contributed by atoms with Crippen LogP contribution in [0.15, 0.2) is 18.2 Å². The minimum absolute atomic E-state index is 0.298. The molecular weight excluding hydrogens is 200 g/mol. The first-order valence-corrected chi connectivity index (χ1v) is 4.00. The van der Waals surface area contributed by atoms with Crippen LogP contribution in [0, 0.1) is 17.1 Å². The standard InChI is InChI=1S/C8H4Cl2FN/c9-8(10)7-3-6(11)2-1-5(7)4-12/h1-3,8H. The van der Waals surface area contributed by atoms with Crippen LogP contribution < -0.4 is 0 Å². The molecule has 1 aromatic carbocycles. The van der Waals surface area contributed by atoms with Crippen molar-refractivity contribution >= 4 is 23.2 Å². The van der Waals surface area contributed by atoms with E-state index in [0.29, 0.717) is 11.1 Å². The molecule has 4 heteroatoms. The average molecular weight is 204 g/mol. The van der Waals surface area contributed by atoms with Gasteiger partial charge in [0.05, 0.1) is 11.6 Å². The summed E-state index contributed by atoms with van der Waals surface area (Å²) in [4.78, 5) is -0.865. The van der Waals surface area contributed by atoms with E-state index in [2.05, 4.69) is 0 Å². The van der Waals surface area contributed by atoms with Gasteiger partial charge in [0, 0.05) is 5.56 Å². The van der Waals surface area contributed by atoms with Crippen molar-refractivity contribution in [2.75, 3.05) is 0 Å². The molecule has 1 nitrogen and oxygen atoms in total. The summed E-state index contributed by atoms with van der Waals surface area (Å²) in [7, 11) is 0. The summed E-state index contributed by atoms with van der Waals surface area (Å²) in [6.45, 7) is 0. The van der Waals surface area contributed by atoms with Crippen molar-refractivity contribution in [3.63, 3.8) is 0 Å². The van der Waals surface area contributed by atoms with Crippen molar-refractivity contribution in [1.29, 1.82) is 5.26 Å². The monoisotopic (exact) mass is 203 g/mol. The maximum Gasteiger partial charge on any atom is 0.134 e. The molecule has 0 saturated heterocycles. The summed E-state index contributed by atoms with van der Waals surface area (Å²) in [5.74, 6) is -0.449. The zero-order chi connectivity index (χ0) is 9.14. The number of halogens is 3. The second-order valence-corrected chi connectivity index (χ2v) is 3.24. The molecule has 0 saturated carbocycles. The number of hydrogen-bond donors (Lipinski definition) is 0. The first-order valence-electron chi connectivity index (χ1n) is 3.13. The van der Waals surface area contributed by atoms with Gasteiger partial charge in [-0.2, -0.15) is 5.26 Å². The zero-order valence-electron chi connectivity index (χ0n) is 5.89. The van der Waals surface area contributed by atoms with Crippen molar-refractivity contribution in [3.05, 3.63) is 35.1 Å². The molecule has 1 rings (SSSR count). The summed E-state index contributed by atoms with van der Waals surface area (Å²) in [5.41, 5.74) is 0.604. The molecule has 1 aromatic rings. The second kappa shape index (κ2) is 3.75. The van der Waals surface area contributed by atoms with Gasteiger partial charge in [0.25, 0.3) is 0 Å². The molecule has 0 atom stereocenters. The first-order chi connectivity index (χ1) is 5.65. The van der Waals surface area contributed by atoms with Crippen molar-refractivity contribution in [2.24, 2.45) is 0 Å². The minimum Gasteiger partial charge on any atom is -0.207 e. The fourth-order valence-corrected chi connectivity index (χ4v) is 1.18. The Morgan fingerprint density at radius 1 is 1.42 bits per heavy atom. The molecule has 0 fully saturated rings. The van der Waals surface area contributed by atoms with E-state index in [1.54, 1.807) is 0 Å². The Morgan fingerprint density at radius 3 is 2.58 bits per heavy atom. The number of rotatable bonds is 1. The summed E-state index contributed by atoms with van der Waals surface area (Å²) in [5, 5.41) is 8.57. The molecule has 0 N–H and O–H groups in total. The van der Waals surface area contributed by atoms with E-state index in [9.17, 15) is 4.39 Å². The van der Waals surface area contributed by atoms with Crippen LogP contribution in [0.4, 0.5) is 4.39 Å². The molecule has 0 unspecified atom stereocenters. The van der Waals surface area contributed by atoms with Crippen molar-refractivity contribution in [3.8, 4) is 6.07 Å². The van der Waals surface area contributed by atoms with Gasteiger partial charge in [-0.15, -0.1) is 23.2 Å². The number of nitriles is 1. The lowest BCUT2D eigenvalue weighted by atomic mass is 10.1. The fraction of sp³-hybridized carbons (Fsp3) is 0.125. The Kier molecular flexibility index (Phi) is 2.91. The van der Waals surface area contributed by atoms with Crippen LogP contribution in [0.25, 0.3) is 0 Å². The SMILES string of the molecule is N#Cc1ccc(F)cc1C(Cl)Cl. The fourth-order valence-electron chi connectivity index (χ4n) is 0.816. The van der Waals surface area contributed by atoms with E-state index >= 15 is 0 Å². The zero-order valence-corrected chi connectivity index (χ0v) is 7.40. The molecule has 0 bridgehead atoms. The molecule has 62 valence electrons. The van der Waals surface area contributed by atoms with E-state index in [0.717, 1.165) is 6.07 Å². The molecule has 0 radical (unpaired) electrons. The third kappa shape index (κ3) is 1.88. The maximum absolute atomic E-state index is 12.6. The van der Waals surface area contributed by atoms with E-state index in [1.807, 2.05) is 6.07 Å². The summed E-state index contributed by atoms with van der Waals surface area (Å²) in [6, 6.07) is 5.57. The van der Waals surface area contributed by atoms with Crippen molar-refractivity contribution in [2.45, 2.75) is 4.84 Å². The lowest BCUT2D eigenvalue weighted by Gasteiger charge is -2.03. The maximum atomic E-state index is 12.6. The molecule has 0 heterocycles. The summed E-state index contributed by atoms with van der Waals surface area (Å²) >= 11 is 11.0. The highest BCUT2D eigenvalue weighted by Crippen LogP contribution is 2.27. The number of hydrogen-bond acceptors (Lipinski definition) is 1. The van der Waals surface area contributed by atoms with Gasteiger partial charge in [-0.25, -0.2) is 4.39 Å². The van der Waals surface area contributed by atoms with Gasteiger partial charge >= 0.3 is 0 Å². The van der Waals surface area contributed by atoms with Gasteiger partial charge in [-0.1, -0.05) is 0 Å². The third-order valence-corrected chi connectivity index (χ3v) is 1.84. The highest BCUT2D eigenvalue weighted by Gasteiger charge is 2.10. The Bertz CT molecular complexity index is 330. The van der Waals surface area contributed by atoms with Crippen molar-refractivity contribution < 1.29 is 4.39 Å². The average Bonchev–Trinajstić information content (AvgIpc) is 2.04. The van der Waals surface area contributed by atoms with Crippen molar-refractivity contribution in [1.82, 2.24) is 0 Å². The minimum atomic E-state index is -0.865. The topological polar surface area (TPSA) is 23.8 Å². The third-order valence-electron chi connectivity index (χ3n) is 1.37. The van der Waals surface area contributed by atoms with Gasteiger partial charge < -0.3 is 0 Å². The lowest BCUT2D eigenvalue weighted by molar-refractivity contribution is 0.626. The van der Waals surface area contributed by atoms with Gasteiger partial charge in [0.15, 0.2) is 0 Å². The lowest BCUT2D eigenvalue weighted by Crippen LogP contribution is -1.89. The molecule has 0 aliphatic rings. The molecule has 0 spiro atoms. The van der Waals surface area contributed by atoms with Crippen LogP contribution in [-0.2, 0) is 0 Å².